The molecule has 1 aromatic carbocycles. The smallest absolute Gasteiger partial charge is 0.260 e. The molecule has 7 nitrogen and oxygen atoms in total. The molecule has 7 heteroatoms. The molecule has 1 saturated heterocycles. The first-order chi connectivity index (χ1) is 14.6. The third-order valence-electron chi connectivity index (χ3n) is 5.92. The number of carbonyl (C=O) groups excluding carboxylic acids is 2. The van der Waals surface area contributed by atoms with E-state index >= 15 is 0 Å². The van der Waals surface area contributed by atoms with E-state index in [-0.39, 0.29) is 18.4 Å². The van der Waals surface area contributed by atoms with Crippen molar-refractivity contribution in [1.82, 2.24) is 15.2 Å². The Kier molecular flexibility index (Phi) is 5.99. The molecule has 1 saturated carbocycles. The number of para-hydroxylation sites is 1. The normalized spacial score (nSPS) is 20.2. The SMILES string of the molecule is COc1ccccc1C(=O)N1C(C(=O)NCc2ccccn2)COC12CCCCC2. The standard InChI is InChI=1S/C23H27N3O4/c1-29-20-11-4-3-10-18(20)22(28)26-19(16-30-23(26)12-6-2-7-13-23)21(27)25-15-17-9-5-8-14-24-17/h3-5,8-11,14,19H,2,6-7,12-13,15-16H2,1H3,(H,25,27). The van der Waals surface area contributed by atoms with Crippen LogP contribution in [0.15, 0.2) is 48.7 Å². The third-order valence-corrected chi connectivity index (χ3v) is 5.92. The summed E-state index contributed by atoms with van der Waals surface area (Å²) in [6, 6.07) is 12.0. The summed E-state index contributed by atoms with van der Waals surface area (Å²) in [5, 5.41) is 2.92. The summed E-state index contributed by atoms with van der Waals surface area (Å²) in [6.45, 7) is 0.495. The van der Waals surface area contributed by atoms with Gasteiger partial charge < -0.3 is 14.8 Å². The Morgan fingerprint density at radius 1 is 1.17 bits per heavy atom. The van der Waals surface area contributed by atoms with Gasteiger partial charge >= 0.3 is 0 Å². The van der Waals surface area contributed by atoms with Crippen molar-refractivity contribution in [1.29, 1.82) is 0 Å². The van der Waals surface area contributed by atoms with E-state index < -0.39 is 11.8 Å². The van der Waals surface area contributed by atoms with Crippen LogP contribution in [0.2, 0.25) is 0 Å². The van der Waals surface area contributed by atoms with Crippen LogP contribution in [0.1, 0.15) is 48.2 Å². The summed E-state index contributed by atoms with van der Waals surface area (Å²) < 4.78 is 11.6. The van der Waals surface area contributed by atoms with Crippen LogP contribution in [0.4, 0.5) is 0 Å². The predicted molar refractivity (Wildman–Crippen MR) is 111 cm³/mol. The number of carbonyl (C=O) groups is 2. The van der Waals surface area contributed by atoms with Crippen molar-refractivity contribution in [2.75, 3.05) is 13.7 Å². The largest absolute Gasteiger partial charge is 0.496 e. The first-order valence-corrected chi connectivity index (χ1v) is 10.4. The lowest BCUT2D eigenvalue weighted by Crippen LogP contribution is -2.56. The van der Waals surface area contributed by atoms with Gasteiger partial charge in [-0.3, -0.25) is 19.5 Å². The van der Waals surface area contributed by atoms with E-state index in [0.717, 1.165) is 37.8 Å². The molecule has 1 aliphatic carbocycles. The third kappa shape index (κ3) is 3.89. The van der Waals surface area contributed by atoms with Gasteiger partial charge in [-0.15, -0.1) is 0 Å². The molecule has 0 radical (unpaired) electrons. The summed E-state index contributed by atoms with van der Waals surface area (Å²) in [5.74, 6) is 0.0317. The van der Waals surface area contributed by atoms with Crippen LogP contribution < -0.4 is 10.1 Å². The first-order valence-electron chi connectivity index (χ1n) is 10.4. The number of pyridine rings is 1. The highest BCUT2D eigenvalue weighted by atomic mass is 16.5. The van der Waals surface area contributed by atoms with Gasteiger partial charge in [0, 0.05) is 6.20 Å². The molecule has 2 amide bonds. The van der Waals surface area contributed by atoms with Gasteiger partial charge in [-0.05, 0) is 49.9 Å². The number of rotatable bonds is 5. The summed E-state index contributed by atoms with van der Waals surface area (Å²) in [4.78, 5) is 32.7. The fraction of sp³-hybridized carbons (Fsp3) is 0.435. The Labute approximate surface area is 176 Å². The van der Waals surface area contributed by atoms with E-state index in [1.807, 2.05) is 24.3 Å². The second-order valence-corrected chi connectivity index (χ2v) is 7.75. The zero-order valence-electron chi connectivity index (χ0n) is 17.2. The predicted octanol–water partition coefficient (Wildman–Crippen LogP) is 2.91. The van der Waals surface area contributed by atoms with Crippen LogP contribution in [0.25, 0.3) is 0 Å². The molecule has 1 atom stereocenters. The van der Waals surface area contributed by atoms with E-state index in [2.05, 4.69) is 10.3 Å². The van der Waals surface area contributed by atoms with Crippen molar-refractivity contribution in [3.63, 3.8) is 0 Å². The fourth-order valence-electron chi connectivity index (χ4n) is 4.42. The topological polar surface area (TPSA) is 80.8 Å². The fourth-order valence-corrected chi connectivity index (χ4v) is 4.42. The summed E-state index contributed by atoms with van der Waals surface area (Å²) in [7, 11) is 1.54. The molecule has 2 fully saturated rings. The molecular formula is C23H27N3O4. The van der Waals surface area contributed by atoms with Crippen LogP contribution in [-0.4, -0.2) is 47.2 Å². The van der Waals surface area contributed by atoms with Gasteiger partial charge in [-0.1, -0.05) is 24.6 Å². The number of amides is 2. The molecule has 2 aliphatic rings. The molecule has 0 bridgehead atoms. The van der Waals surface area contributed by atoms with Gasteiger partial charge in [0.25, 0.3) is 5.91 Å². The number of methoxy groups -OCH3 is 1. The molecule has 1 aliphatic heterocycles. The van der Waals surface area contributed by atoms with Crippen LogP contribution >= 0.6 is 0 Å². The van der Waals surface area contributed by atoms with Crippen molar-refractivity contribution in [2.24, 2.45) is 0 Å². The number of hydrogen-bond donors (Lipinski definition) is 1. The Hall–Kier alpha value is -2.93. The number of nitrogens with zero attached hydrogens (tertiary/aromatic N) is 2. The molecule has 1 aromatic heterocycles. The highest BCUT2D eigenvalue weighted by Gasteiger charge is 2.53. The summed E-state index contributed by atoms with van der Waals surface area (Å²) >= 11 is 0. The van der Waals surface area contributed by atoms with E-state index in [4.69, 9.17) is 9.47 Å². The minimum absolute atomic E-state index is 0.189. The summed E-state index contributed by atoms with van der Waals surface area (Å²) in [5.41, 5.74) is 0.473. The minimum Gasteiger partial charge on any atom is -0.496 e. The number of benzene rings is 1. The molecule has 1 unspecified atom stereocenters. The average molecular weight is 409 g/mol. The monoisotopic (exact) mass is 409 g/mol. The van der Waals surface area contributed by atoms with Gasteiger partial charge in [-0.25, -0.2) is 0 Å². The number of aromatic nitrogens is 1. The molecule has 4 rings (SSSR count). The van der Waals surface area contributed by atoms with Gasteiger partial charge in [0.15, 0.2) is 0 Å². The molecular weight excluding hydrogens is 382 g/mol. The van der Waals surface area contributed by atoms with E-state index in [9.17, 15) is 9.59 Å². The quantitative estimate of drug-likeness (QED) is 0.821. The zero-order valence-corrected chi connectivity index (χ0v) is 17.2. The number of ether oxygens (including phenoxy) is 2. The number of hydrogen-bond acceptors (Lipinski definition) is 5. The first kappa shape index (κ1) is 20.3. The molecule has 1 N–H and O–H groups in total. The Bertz CT molecular complexity index is 896. The van der Waals surface area contributed by atoms with Crippen LogP contribution in [0.3, 0.4) is 0 Å². The Morgan fingerprint density at radius 2 is 1.93 bits per heavy atom. The lowest BCUT2D eigenvalue weighted by Gasteiger charge is -2.41. The number of nitrogens with one attached hydrogen (secondary N) is 1. The van der Waals surface area contributed by atoms with Crippen LogP contribution in [-0.2, 0) is 16.1 Å². The average Bonchev–Trinajstić information content (AvgIpc) is 3.16. The van der Waals surface area contributed by atoms with Crippen molar-refractivity contribution in [3.8, 4) is 5.75 Å². The zero-order chi connectivity index (χ0) is 21.0. The van der Waals surface area contributed by atoms with Crippen molar-refractivity contribution in [3.05, 3.63) is 59.9 Å². The highest BCUT2D eigenvalue weighted by molar-refractivity contribution is 6.00. The molecule has 158 valence electrons. The molecule has 30 heavy (non-hydrogen) atoms. The van der Waals surface area contributed by atoms with Gasteiger partial charge in [0.05, 0.1) is 31.5 Å². The second-order valence-electron chi connectivity index (χ2n) is 7.75. The maximum absolute atomic E-state index is 13.7. The van der Waals surface area contributed by atoms with Crippen LogP contribution in [0.5, 0.6) is 5.75 Å². The van der Waals surface area contributed by atoms with Gasteiger partial charge in [0.2, 0.25) is 5.91 Å². The Balaban J connectivity index is 1.60. The molecule has 1 spiro atoms. The lowest BCUT2D eigenvalue weighted by molar-refractivity contribution is -0.127. The summed E-state index contributed by atoms with van der Waals surface area (Å²) in [6.07, 6.45) is 6.21. The van der Waals surface area contributed by atoms with Gasteiger partial charge in [-0.2, -0.15) is 0 Å². The van der Waals surface area contributed by atoms with E-state index in [1.165, 1.54) is 0 Å². The second kappa shape index (κ2) is 8.83. The van der Waals surface area contributed by atoms with E-state index in [1.54, 1.807) is 36.4 Å². The van der Waals surface area contributed by atoms with Crippen molar-refractivity contribution < 1.29 is 19.1 Å². The van der Waals surface area contributed by atoms with Gasteiger partial charge in [0.1, 0.15) is 17.5 Å². The highest BCUT2D eigenvalue weighted by Crippen LogP contribution is 2.42. The molecule has 2 aromatic rings. The van der Waals surface area contributed by atoms with Crippen LogP contribution in [0, 0.1) is 0 Å². The molecule has 2 heterocycles. The maximum Gasteiger partial charge on any atom is 0.260 e. The van der Waals surface area contributed by atoms with Crippen molar-refractivity contribution >= 4 is 11.8 Å². The lowest BCUT2D eigenvalue weighted by atomic mass is 9.89. The van der Waals surface area contributed by atoms with Crippen molar-refractivity contribution in [2.45, 2.75) is 50.4 Å². The van der Waals surface area contributed by atoms with E-state index in [0.29, 0.717) is 17.9 Å². The Morgan fingerprint density at radius 3 is 2.67 bits per heavy atom. The maximum atomic E-state index is 13.7. The minimum atomic E-state index is -0.733.